The average molecular weight is 248 g/mol. The maximum Gasteiger partial charge on any atom is 0.255 e. The summed E-state index contributed by atoms with van der Waals surface area (Å²) in [4.78, 5) is 25.8. The fourth-order valence-corrected chi connectivity index (χ4v) is 2.63. The van der Waals surface area contributed by atoms with Crippen LogP contribution in [0.5, 0.6) is 0 Å². The smallest absolute Gasteiger partial charge is 0.255 e. The summed E-state index contributed by atoms with van der Waals surface area (Å²) in [5.74, 6) is 0.111. The summed E-state index contributed by atoms with van der Waals surface area (Å²) in [6, 6.07) is 0. The number of hydrogen-bond acceptors (Lipinski definition) is 3. The summed E-state index contributed by atoms with van der Waals surface area (Å²) < 4.78 is 0. The van der Waals surface area contributed by atoms with Gasteiger partial charge in [-0.2, -0.15) is 0 Å². The van der Waals surface area contributed by atoms with Gasteiger partial charge in [-0.25, -0.2) is 0 Å². The third kappa shape index (κ3) is 2.01. The molecular weight excluding hydrogens is 228 g/mol. The van der Waals surface area contributed by atoms with Crippen molar-refractivity contribution in [2.45, 2.75) is 33.4 Å². The van der Waals surface area contributed by atoms with Crippen LogP contribution in [0.3, 0.4) is 0 Å². The Morgan fingerprint density at radius 3 is 2.61 bits per heavy atom. The van der Waals surface area contributed by atoms with E-state index in [1.807, 2.05) is 18.9 Å². The quantitative estimate of drug-likeness (QED) is 0.800. The van der Waals surface area contributed by atoms with Gasteiger partial charge in [0.15, 0.2) is 5.78 Å². The van der Waals surface area contributed by atoms with E-state index >= 15 is 0 Å². The highest BCUT2D eigenvalue weighted by atomic mass is 16.2. The predicted molar refractivity (Wildman–Crippen MR) is 69.8 cm³/mol. The number of rotatable bonds is 2. The highest BCUT2D eigenvalue weighted by Gasteiger charge is 2.40. The normalized spacial score (nSPS) is 24.3. The van der Waals surface area contributed by atoms with Crippen molar-refractivity contribution in [3.63, 3.8) is 0 Å². The van der Waals surface area contributed by atoms with Crippen molar-refractivity contribution >= 4 is 11.7 Å². The Hall–Kier alpha value is -1.42. The van der Waals surface area contributed by atoms with Gasteiger partial charge in [0.05, 0.1) is 6.17 Å². The summed E-state index contributed by atoms with van der Waals surface area (Å²) in [6.45, 7) is 6.80. The highest BCUT2D eigenvalue weighted by molar-refractivity contribution is 6.04. The molecule has 18 heavy (non-hydrogen) atoms. The molecule has 0 fully saturated rings. The Morgan fingerprint density at radius 2 is 2.00 bits per heavy atom. The Kier molecular flexibility index (Phi) is 3.15. The van der Waals surface area contributed by atoms with Gasteiger partial charge in [0, 0.05) is 24.0 Å². The van der Waals surface area contributed by atoms with Gasteiger partial charge in [-0.3, -0.25) is 9.59 Å². The van der Waals surface area contributed by atoms with Crippen molar-refractivity contribution < 1.29 is 9.59 Å². The molecule has 0 spiro atoms. The van der Waals surface area contributed by atoms with Crippen molar-refractivity contribution in [3.8, 4) is 0 Å². The number of ketones is 1. The number of carbonyl (C=O) groups excluding carboxylic acids is 2. The minimum Gasteiger partial charge on any atom is -0.323 e. The second-order valence-electron chi connectivity index (χ2n) is 5.65. The molecule has 1 aliphatic carbocycles. The zero-order chi connectivity index (χ0) is 13.5. The summed E-state index contributed by atoms with van der Waals surface area (Å²) in [5, 5.41) is 3.10. The first-order valence-electron chi connectivity index (χ1n) is 6.29. The van der Waals surface area contributed by atoms with Gasteiger partial charge < -0.3 is 10.2 Å². The lowest BCUT2D eigenvalue weighted by atomic mass is 9.73. The first-order valence-corrected chi connectivity index (χ1v) is 6.29. The molecule has 0 radical (unpaired) electrons. The maximum atomic E-state index is 12.4. The first-order chi connectivity index (χ1) is 8.36. The molecule has 2 aliphatic rings. The molecule has 1 unspecified atom stereocenters. The maximum absolute atomic E-state index is 12.4. The molecule has 1 heterocycles. The van der Waals surface area contributed by atoms with Crippen LogP contribution in [-0.4, -0.2) is 36.3 Å². The second-order valence-corrected chi connectivity index (χ2v) is 5.65. The number of carbonyl (C=O) groups is 2. The number of nitrogens with zero attached hydrogens (tertiary/aromatic N) is 1. The van der Waals surface area contributed by atoms with Crippen LogP contribution in [-0.2, 0) is 9.59 Å². The summed E-state index contributed by atoms with van der Waals surface area (Å²) in [6.07, 6.45) is 3.57. The monoisotopic (exact) mass is 248 g/mol. The van der Waals surface area contributed by atoms with Crippen LogP contribution in [0.4, 0.5) is 0 Å². The molecule has 1 atom stereocenters. The van der Waals surface area contributed by atoms with E-state index in [4.69, 9.17) is 0 Å². The summed E-state index contributed by atoms with van der Waals surface area (Å²) in [5.41, 5.74) is 1.54. The van der Waals surface area contributed by atoms with Gasteiger partial charge in [-0.1, -0.05) is 13.8 Å². The molecule has 0 aromatic heterocycles. The van der Waals surface area contributed by atoms with Gasteiger partial charge in [0.25, 0.3) is 5.91 Å². The molecule has 4 nitrogen and oxygen atoms in total. The van der Waals surface area contributed by atoms with E-state index in [2.05, 4.69) is 19.2 Å². The third-order valence-electron chi connectivity index (χ3n) is 3.87. The van der Waals surface area contributed by atoms with Crippen LogP contribution in [0.2, 0.25) is 0 Å². The first kappa shape index (κ1) is 13.0. The van der Waals surface area contributed by atoms with Gasteiger partial charge in [0.1, 0.15) is 0 Å². The molecule has 0 saturated carbocycles. The van der Waals surface area contributed by atoms with Crippen molar-refractivity contribution in [2.75, 3.05) is 13.6 Å². The van der Waals surface area contributed by atoms with Crippen molar-refractivity contribution in [1.29, 1.82) is 0 Å². The lowest BCUT2D eigenvalue weighted by molar-refractivity contribution is -0.132. The van der Waals surface area contributed by atoms with E-state index in [-0.39, 0.29) is 23.3 Å². The van der Waals surface area contributed by atoms with Crippen LogP contribution in [0, 0.1) is 5.41 Å². The summed E-state index contributed by atoms with van der Waals surface area (Å²) in [7, 11) is 1.84. The molecular formula is C14H20N2O2. The Bertz CT molecular complexity index is 460. The van der Waals surface area contributed by atoms with Gasteiger partial charge in [0.2, 0.25) is 0 Å². The predicted octanol–water partition coefficient (Wildman–Crippen LogP) is 1.25. The third-order valence-corrected chi connectivity index (χ3v) is 3.87. The van der Waals surface area contributed by atoms with Crippen LogP contribution in [0.1, 0.15) is 27.2 Å². The van der Waals surface area contributed by atoms with E-state index in [9.17, 15) is 9.59 Å². The Labute approximate surface area is 108 Å². The van der Waals surface area contributed by atoms with E-state index < -0.39 is 0 Å². The molecule has 1 amide bonds. The average Bonchev–Trinajstić information content (AvgIpc) is 2.33. The van der Waals surface area contributed by atoms with E-state index in [1.54, 1.807) is 6.08 Å². The minimum atomic E-state index is -0.144. The van der Waals surface area contributed by atoms with Crippen molar-refractivity contribution in [2.24, 2.45) is 5.41 Å². The Morgan fingerprint density at radius 1 is 1.33 bits per heavy atom. The highest BCUT2D eigenvalue weighted by Crippen LogP contribution is 2.39. The Balaban J connectivity index is 2.43. The van der Waals surface area contributed by atoms with Crippen LogP contribution in [0.15, 0.2) is 23.3 Å². The molecule has 4 heteroatoms. The minimum absolute atomic E-state index is 0.00291. The molecule has 1 aliphatic heterocycles. The van der Waals surface area contributed by atoms with Crippen LogP contribution >= 0.6 is 0 Å². The standard InChI is InChI=1S/C14H20N2O2/c1-9(15-4)16-8-14(2,3)12-7-10(17)5-6-11(12)13(16)18/h5-6,9,15H,7-8H2,1-4H3. The summed E-state index contributed by atoms with van der Waals surface area (Å²) >= 11 is 0. The second kappa shape index (κ2) is 4.35. The molecule has 0 saturated heterocycles. The van der Waals surface area contributed by atoms with Gasteiger partial charge in [-0.05, 0) is 31.7 Å². The molecule has 2 rings (SSSR count). The fraction of sp³-hybridized carbons (Fsp3) is 0.571. The lowest BCUT2D eigenvalue weighted by Crippen LogP contribution is -2.53. The molecule has 0 bridgehead atoms. The zero-order valence-electron chi connectivity index (χ0n) is 11.4. The SMILES string of the molecule is CNC(C)N1CC(C)(C)C2=C(C=CC(=O)C2)C1=O. The van der Waals surface area contributed by atoms with Crippen LogP contribution < -0.4 is 5.32 Å². The largest absolute Gasteiger partial charge is 0.323 e. The lowest BCUT2D eigenvalue weighted by Gasteiger charge is -2.43. The molecule has 98 valence electrons. The molecule has 1 N–H and O–H groups in total. The molecule has 0 aromatic carbocycles. The van der Waals surface area contributed by atoms with E-state index in [1.165, 1.54) is 6.08 Å². The number of nitrogens with one attached hydrogen (secondary N) is 1. The van der Waals surface area contributed by atoms with Crippen molar-refractivity contribution in [1.82, 2.24) is 10.2 Å². The van der Waals surface area contributed by atoms with Gasteiger partial charge in [-0.15, -0.1) is 0 Å². The zero-order valence-corrected chi connectivity index (χ0v) is 11.4. The number of hydrogen-bond donors (Lipinski definition) is 1. The van der Waals surface area contributed by atoms with E-state index in [0.717, 1.165) is 5.57 Å². The molecule has 0 aromatic rings. The number of amides is 1. The topological polar surface area (TPSA) is 49.4 Å². The number of allylic oxidation sites excluding steroid dienone is 1. The van der Waals surface area contributed by atoms with E-state index in [0.29, 0.717) is 18.5 Å². The van der Waals surface area contributed by atoms with Crippen molar-refractivity contribution in [3.05, 3.63) is 23.3 Å². The van der Waals surface area contributed by atoms with Gasteiger partial charge >= 0.3 is 0 Å². The fourth-order valence-electron chi connectivity index (χ4n) is 2.63. The van der Waals surface area contributed by atoms with Crippen LogP contribution in [0.25, 0.3) is 0 Å².